The standard InChI is InChI=1S/C9H7F5O2/c1-2-9(8(15)16)6(13)4(11)3(10)5(12)7(9)14/h6H,2H2,1H3,(H,15,16). The Morgan fingerprint density at radius 3 is 2.19 bits per heavy atom. The number of carboxylic acid groups (broad SMARTS) is 1. The van der Waals surface area contributed by atoms with Gasteiger partial charge in [-0.15, -0.1) is 0 Å². The summed E-state index contributed by atoms with van der Waals surface area (Å²) in [5, 5.41) is 8.66. The topological polar surface area (TPSA) is 37.3 Å². The van der Waals surface area contributed by atoms with E-state index in [0.29, 0.717) is 0 Å². The molecule has 0 saturated carbocycles. The number of allylic oxidation sites excluding steroid dienone is 3. The quantitative estimate of drug-likeness (QED) is 0.755. The van der Waals surface area contributed by atoms with Gasteiger partial charge in [0.25, 0.3) is 0 Å². The first kappa shape index (κ1) is 12.7. The van der Waals surface area contributed by atoms with E-state index in [0.717, 1.165) is 6.92 Å². The van der Waals surface area contributed by atoms with Gasteiger partial charge >= 0.3 is 5.97 Å². The van der Waals surface area contributed by atoms with Crippen LogP contribution in [0, 0.1) is 5.41 Å². The van der Waals surface area contributed by atoms with Crippen molar-refractivity contribution in [2.24, 2.45) is 5.41 Å². The van der Waals surface area contributed by atoms with Crippen molar-refractivity contribution in [1.82, 2.24) is 0 Å². The van der Waals surface area contributed by atoms with Crippen molar-refractivity contribution in [2.45, 2.75) is 19.5 Å². The second kappa shape index (κ2) is 3.88. The van der Waals surface area contributed by atoms with Crippen LogP contribution in [-0.2, 0) is 4.79 Å². The van der Waals surface area contributed by atoms with Gasteiger partial charge in [-0.05, 0) is 6.42 Å². The van der Waals surface area contributed by atoms with E-state index >= 15 is 0 Å². The molecule has 0 radical (unpaired) electrons. The van der Waals surface area contributed by atoms with Crippen LogP contribution in [0.2, 0.25) is 0 Å². The maximum atomic E-state index is 13.3. The number of alkyl halides is 1. The smallest absolute Gasteiger partial charge is 0.320 e. The van der Waals surface area contributed by atoms with E-state index in [2.05, 4.69) is 0 Å². The lowest BCUT2D eigenvalue weighted by Crippen LogP contribution is -2.43. The van der Waals surface area contributed by atoms with Crippen molar-refractivity contribution in [3.63, 3.8) is 0 Å². The molecule has 0 aromatic heterocycles. The van der Waals surface area contributed by atoms with E-state index in [-0.39, 0.29) is 0 Å². The minimum Gasteiger partial charge on any atom is -0.480 e. The third-order valence-corrected chi connectivity index (χ3v) is 2.58. The van der Waals surface area contributed by atoms with E-state index in [9.17, 15) is 26.7 Å². The van der Waals surface area contributed by atoms with Crippen molar-refractivity contribution in [1.29, 1.82) is 0 Å². The normalized spacial score (nSPS) is 31.0. The summed E-state index contributed by atoms with van der Waals surface area (Å²) in [5.41, 5.74) is -3.02. The third-order valence-electron chi connectivity index (χ3n) is 2.58. The Morgan fingerprint density at radius 2 is 1.81 bits per heavy atom. The molecule has 0 aliphatic heterocycles. The Morgan fingerprint density at radius 1 is 1.31 bits per heavy atom. The van der Waals surface area contributed by atoms with Crippen LogP contribution in [0.25, 0.3) is 0 Å². The van der Waals surface area contributed by atoms with Crippen LogP contribution in [0.5, 0.6) is 0 Å². The second-order valence-corrected chi connectivity index (χ2v) is 3.28. The van der Waals surface area contributed by atoms with Gasteiger partial charge in [0.1, 0.15) is 0 Å². The van der Waals surface area contributed by atoms with E-state index in [1.54, 1.807) is 0 Å². The van der Waals surface area contributed by atoms with E-state index in [1.807, 2.05) is 0 Å². The zero-order valence-electron chi connectivity index (χ0n) is 8.03. The van der Waals surface area contributed by atoms with E-state index < -0.39 is 47.3 Å². The molecule has 1 aliphatic rings. The number of carbonyl (C=O) groups is 1. The summed E-state index contributed by atoms with van der Waals surface area (Å²) in [5.74, 6) is -11.1. The molecule has 2 atom stereocenters. The molecule has 0 amide bonds. The van der Waals surface area contributed by atoms with Crippen LogP contribution in [0.4, 0.5) is 22.0 Å². The van der Waals surface area contributed by atoms with Crippen molar-refractivity contribution in [3.05, 3.63) is 23.3 Å². The summed E-state index contributed by atoms with van der Waals surface area (Å²) in [7, 11) is 0. The van der Waals surface area contributed by atoms with Crippen LogP contribution in [0.1, 0.15) is 13.3 Å². The van der Waals surface area contributed by atoms with Gasteiger partial charge in [0.15, 0.2) is 34.9 Å². The molecule has 7 heteroatoms. The minimum absolute atomic E-state index is 0.747. The summed E-state index contributed by atoms with van der Waals surface area (Å²) in [4.78, 5) is 10.7. The highest BCUT2D eigenvalue weighted by Gasteiger charge is 2.57. The summed E-state index contributed by atoms with van der Waals surface area (Å²) in [6.07, 6.45) is -3.82. The molecule has 0 bridgehead atoms. The highest BCUT2D eigenvalue weighted by atomic mass is 19.2. The van der Waals surface area contributed by atoms with Crippen molar-refractivity contribution >= 4 is 5.97 Å². The van der Waals surface area contributed by atoms with Gasteiger partial charge in [-0.25, -0.2) is 22.0 Å². The van der Waals surface area contributed by atoms with Crippen LogP contribution >= 0.6 is 0 Å². The lowest BCUT2D eigenvalue weighted by atomic mass is 9.75. The number of hydrogen-bond acceptors (Lipinski definition) is 1. The Balaban J connectivity index is 3.51. The van der Waals surface area contributed by atoms with Gasteiger partial charge in [0.2, 0.25) is 0 Å². The molecule has 0 heterocycles. The summed E-state index contributed by atoms with van der Waals surface area (Å²) in [6.45, 7) is 1.03. The van der Waals surface area contributed by atoms with Crippen molar-refractivity contribution < 1.29 is 31.9 Å². The van der Waals surface area contributed by atoms with Crippen LogP contribution < -0.4 is 0 Å². The van der Waals surface area contributed by atoms with E-state index in [1.165, 1.54) is 0 Å². The molecule has 90 valence electrons. The predicted molar refractivity (Wildman–Crippen MR) is 43.7 cm³/mol. The molecule has 0 aromatic rings. The van der Waals surface area contributed by atoms with Crippen LogP contribution in [0.15, 0.2) is 23.3 Å². The van der Waals surface area contributed by atoms with Gasteiger partial charge < -0.3 is 5.11 Å². The fourth-order valence-electron chi connectivity index (χ4n) is 1.52. The Bertz CT molecular complexity index is 401. The highest BCUT2D eigenvalue weighted by Crippen LogP contribution is 2.49. The fourth-order valence-corrected chi connectivity index (χ4v) is 1.52. The third kappa shape index (κ3) is 1.34. The SMILES string of the molecule is CCC1(C(=O)O)C(F)=C(F)C(F)=C(F)C1F. The van der Waals surface area contributed by atoms with Gasteiger partial charge in [-0.2, -0.15) is 0 Å². The molecule has 2 unspecified atom stereocenters. The van der Waals surface area contributed by atoms with Gasteiger partial charge in [-0.1, -0.05) is 6.92 Å². The fraction of sp³-hybridized carbons (Fsp3) is 0.444. The van der Waals surface area contributed by atoms with Crippen LogP contribution in [-0.4, -0.2) is 17.2 Å². The molecule has 0 spiro atoms. The predicted octanol–water partition coefficient (Wildman–Crippen LogP) is 3.12. The van der Waals surface area contributed by atoms with Crippen molar-refractivity contribution in [2.75, 3.05) is 0 Å². The number of rotatable bonds is 2. The number of hydrogen-bond donors (Lipinski definition) is 1. The average molecular weight is 242 g/mol. The monoisotopic (exact) mass is 242 g/mol. The largest absolute Gasteiger partial charge is 0.480 e. The minimum atomic E-state index is -3.07. The van der Waals surface area contributed by atoms with Crippen LogP contribution in [0.3, 0.4) is 0 Å². The lowest BCUT2D eigenvalue weighted by Gasteiger charge is -2.31. The molecule has 1 rings (SSSR count). The second-order valence-electron chi connectivity index (χ2n) is 3.28. The Hall–Kier alpha value is -1.40. The average Bonchev–Trinajstić information content (AvgIpc) is 2.25. The molecular formula is C9H7F5O2. The number of halogens is 5. The first-order valence-corrected chi connectivity index (χ1v) is 4.29. The van der Waals surface area contributed by atoms with Gasteiger partial charge in [0, 0.05) is 0 Å². The summed E-state index contributed by atoms with van der Waals surface area (Å²) < 4.78 is 64.9. The first-order chi connectivity index (χ1) is 7.30. The molecule has 0 fully saturated rings. The molecule has 16 heavy (non-hydrogen) atoms. The molecule has 0 aromatic carbocycles. The first-order valence-electron chi connectivity index (χ1n) is 4.29. The molecular weight excluding hydrogens is 235 g/mol. The number of carboxylic acids is 1. The maximum Gasteiger partial charge on any atom is 0.320 e. The molecule has 1 N–H and O–H groups in total. The zero-order chi connectivity index (χ0) is 12.7. The molecule has 1 aliphatic carbocycles. The van der Waals surface area contributed by atoms with E-state index in [4.69, 9.17) is 5.11 Å². The van der Waals surface area contributed by atoms with Gasteiger partial charge in [-0.3, -0.25) is 4.79 Å². The Labute approximate surface area is 87.1 Å². The number of aliphatic carboxylic acids is 1. The molecule has 0 saturated heterocycles. The Kier molecular flexibility index (Phi) is 3.07. The summed E-state index contributed by atoms with van der Waals surface area (Å²) in [6, 6.07) is 0. The van der Waals surface area contributed by atoms with Crippen molar-refractivity contribution in [3.8, 4) is 0 Å². The lowest BCUT2D eigenvalue weighted by molar-refractivity contribution is -0.151. The molecule has 2 nitrogen and oxygen atoms in total. The maximum absolute atomic E-state index is 13.3. The van der Waals surface area contributed by atoms with Gasteiger partial charge in [0.05, 0.1) is 0 Å². The zero-order valence-corrected chi connectivity index (χ0v) is 8.03. The summed E-state index contributed by atoms with van der Waals surface area (Å²) >= 11 is 0. The highest BCUT2D eigenvalue weighted by molar-refractivity contribution is 5.80.